The zero-order valence-electron chi connectivity index (χ0n) is 13.5. The topological polar surface area (TPSA) is 81.2 Å². The molecule has 0 atom stereocenters. The van der Waals surface area contributed by atoms with Gasteiger partial charge in [-0.05, 0) is 11.1 Å². The number of aromatic nitrogens is 2. The van der Waals surface area contributed by atoms with Crippen LogP contribution in [0, 0.1) is 0 Å². The van der Waals surface area contributed by atoms with E-state index >= 15 is 0 Å². The predicted molar refractivity (Wildman–Crippen MR) is 92.4 cm³/mol. The molecule has 3 aromatic rings. The Kier molecular flexibility index (Phi) is 4.35. The normalized spacial score (nSPS) is 11.1. The Morgan fingerprint density at radius 3 is 1.96 bits per heavy atom. The van der Waals surface area contributed by atoms with Gasteiger partial charge in [0, 0.05) is 12.4 Å². The SMILES string of the molecule is COC(=O)C(c1ccccc1)(c1ccccc1)n1cc[nH]c(=O)c1=O. The number of esters is 1. The van der Waals surface area contributed by atoms with Gasteiger partial charge in [-0.15, -0.1) is 0 Å². The Balaban J connectivity index is 2.50. The molecule has 6 nitrogen and oxygen atoms in total. The number of nitrogens with zero attached hydrogens (tertiary/aromatic N) is 1. The number of hydrogen-bond donors (Lipinski definition) is 1. The molecule has 25 heavy (non-hydrogen) atoms. The number of aromatic amines is 1. The second kappa shape index (κ2) is 6.60. The fourth-order valence-electron chi connectivity index (χ4n) is 2.98. The molecule has 0 saturated heterocycles. The zero-order valence-corrected chi connectivity index (χ0v) is 13.5. The molecule has 0 aliphatic heterocycles. The van der Waals surface area contributed by atoms with Crippen molar-refractivity contribution in [3.8, 4) is 0 Å². The molecular weight excluding hydrogens is 320 g/mol. The van der Waals surface area contributed by atoms with Crippen LogP contribution in [0.4, 0.5) is 0 Å². The molecule has 126 valence electrons. The fourth-order valence-corrected chi connectivity index (χ4v) is 2.98. The molecule has 1 N–H and O–H groups in total. The van der Waals surface area contributed by atoms with Gasteiger partial charge in [-0.2, -0.15) is 0 Å². The summed E-state index contributed by atoms with van der Waals surface area (Å²) in [6.45, 7) is 0. The largest absolute Gasteiger partial charge is 0.467 e. The summed E-state index contributed by atoms with van der Waals surface area (Å²) >= 11 is 0. The van der Waals surface area contributed by atoms with Crippen LogP contribution in [0.25, 0.3) is 0 Å². The first kappa shape index (κ1) is 16.4. The van der Waals surface area contributed by atoms with Gasteiger partial charge in [0.05, 0.1) is 7.11 Å². The van der Waals surface area contributed by atoms with Crippen molar-refractivity contribution >= 4 is 5.97 Å². The maximum Gasteiger partial charge on any atom is 0.341 e. The minimum absolute atomic E-state index is 0.515. The van der Waals surface area contributed by atoms with E-state index in [0.717, 1.165) is 4.57 Å². The van der Waals surface area contributed by atoms with Crippen LogP contribution in [0.1, 0.15) is 11.1 Å². The summed E-state index contributed by atoms with van der Waals surface area (Å²) in [5, 5.41) is 0. The molecule has 2 aromatic carbocycles. The molecule has 0 unspecified atom stereocenters. The summed E-state index contributed by atoms with van der Waals surface area (Å²) in [6.07, 6.45) is 2.70. The lowest BCUT2D eigenvalue weighted by Gasteiger charge is -2.33. The lowest BCUT2D eigenvalue weighted by Crippen LogP contribution is -2.53. The highest BCUT2D eigenvalue weighted by atomic mass is 16.5. The standard InChI is InChI=1S/C19H16N2O4/c1-25-18(24)19(14-8-4-2-5-9-14,15-10-6-3-7-11-15)21-13-12-20-16(22)17(21)23/h2-13H,1H3,(H,20,22). The summed E-state index contributed by atoms with van der Waals surface area (Å²) in [7, 11) is 1.25. The lowest BCUT2D eigenvalue weighted by molar-refractivity contribution is -0.147. The van der Waals surface area contributed by atoms with Gasteiger partial charge in [-0.1, -0.05) is 60.7 Å². The van der Waals surface area contributed by atoms with Gasteiger partial charge < -0.3 is 9.72 Å². The monoisotopic (exact) mass is 336 g/mol. The van der Waals surface area contributed by atoms with E-state index in [0.29, 0.717) is 11.1 Å². The van der Waals surface area contributed by atoms with E-state index in [1.807, 2.05) is 0 Å². The molecule has 0 bridgehead atoms. The molecule has 0 amide bonds. The molecule has 0 saturated carbocycles. The van der Waals surface area contributed by atoms with Crippen molar-refractivity contribution in [1.82, 2.24) is 9.55 Å². The first-order chi connectivity index (χ1) is 12.1. The van der Waals surface area contributed by atoms with Crippen molar-refractivity contribution in [2.45, 2.75) is 5.54 Å². The molecule has 3 rings (SSSR count). The maximum absolute atomic E-state index is 13.0. The van der Waals surface area contributed by atoms with Crippen LogP contribution in [0.3, 0.4) is 0 Å². The van der Waals surface area contributed by atoms with E-state index in [1.165, 1.54) is 19.5 Å². The number of H-pyrrole nitrogens is 1. The van der Waals surface area contributed by atoms with Crippen LogP contribution in [0.2, 0.25) is 0 Å². The number of ether oxygens (including phenoxy) is 1. The number of benzene rings is 2. The number of rotatable bonds is 4. The summed E-state index contributed by atoms with van der Waals surface area (Å²) in [6, 6.07) is 17.5. The molecule has 1 aromatic heterocycles. The van der Waals surface area contributed by atoms with Crippen LogP contribution < -0.4 is 11.1 Å². The first-order valence-electron chi connectivity index (χ1n) is 7.62. The highest BCUT2D eigenvalue weighted by Crippen LogP contribution is 2.34. The van der Waals surface area contributed by atoms with E-state index in [-0.39, 0.29) is 0 Å². The Morgan fingerprint density at radius 2 is 1.48 bits per heavy atom. The highest BCUT2D eigenvalue weighted by molar-refractivity contribution is 5.87. The number of carbonyl (C=O) groups excluding carboxylic acids is 1. The molecule has 6 heteroatoms. The zero-order chi connectivity index (χ0) is 17.9. The summed E-state index contributed by atoms with van der Waals surface area (Å²) < 4.78 is 6.18. The highest BCUT2D eigenvalue weighted by Gasteiger charge is 2.46. The third-order valence-corrected chi connectivity index (χ3v) is 4.08. The number of carbonyl (C=O) groups is 1. The van der Waals surface area contributed by atoms with Gasteiger partial charge in [0.25, 0.3) is 0 Å². The van der Waals surface area contributed by atoms with Gasteiger partial charge in [0.15, 0.2) is 5.54 Å². The van der Waals surface area contributed by atoms with Gasteiger partial charge in [-0.3, -0.25) is 14.2 Å². The van der Waals surface area contributed by atoms with Gasteiger partial charge in [0.1, 0.15) is 0 Å². The van der Waals surface area contributed by atoms with Crippen LogP contribution in [0.5, 0.6) is 0 Å². The Hall–Kier alpha value is -3.41. The smallest absolute Gasteiger partial charge is 0.341 e. The second-order valence-electron chi connectivity index (χ2n) is 5.40. The lowest BCUT2D eigenvalue weighted by atomic mass is 9.82. The number of methoxy groups -OCH3 is 1. The fraction of sp³-hybridized carbons (Fsp3) is 0.105. The average Bonchev–Trinajstić information content (AvgIpc) is 2.67. The van der Waals surface area contributed by atoms with E-state index in [2.05, 4.69) is 4.98 Å². The van der Waals surface area contributed by atoms with Gasteiger partial charge in [-0.25, -0.2) is 4.79 Å². The summed E-state index contributed by atoms with van der Waals surface area (Å²) in [5.74, 6) is -0.669. The second-order valence-corrected chi connectivity index (χ2v) is 5.40. The van der Waals surface area contributed by atoms with Crippen molar-refractivity contribution in [2.75, 3.05) is 7.11 Å². The third-order valence-electron chi connectivity index (χ3n) is 4.08. The molecule has 0 spiro atoms. The van der Waals surface area contributed by atoms with Crippen molar-refractivity contribution in [3.05, 3.63) is 105 Å². The predicted octanol–water partition coefficient (Wildman–Crippen LogP) is 1.50. The third kappa shape index (κ3) is 2.57. The van der Waals surface area contributed by atoms with Crippen LogP contribution in [0.15, 0.2) is 82.6 Å². The Bertz CT molecular complexity index is 951. The summed E-state index contributed by atoms with van der Waals surface area (Å²) in [4.78, 5) is 39.8. The molecule has 0 radical (unpaired) electrons. The average molecular weight is 336 g/mol. The van der Waals surface area contributed by atoms with E-state index in [9.17, 15) is 14.4 Å². The van der Waals surface area contributed by atoms with Crippen molar-refractivity contribution < 1.29 is 9.53 Å². The molecule has 1 heterocycles. The van der Waals surface area contributed by atoms with Crippen molar-refractivity contribution in [1.29, 1.82) is 0 Å². The number of nitrogens with one attached hydrogen (secondary N) is 1. The minimum atomic E-state index is -1.61. The van der Waals surface area contributed by atoms with E-state index in [4.69, 9.17) is 4.74 Å². The van der Waals surface area contributed by atoms with Gasteiger partial charge in [0.2, 0.25) is 0 Å². The van der Waals surface area contributed by atoms with Crippen LogP contribution in [-0.4, -0.2) is 22.6 Å². The van der Waals surface area contributed by atoms with Gasteiger partial charge >= 0.3 is 17.1 Å². The molecule has 0 fully saturated rings. The molecular formula is C19H16N2O4. The Labute approximate surface area is 143 Å². The molecule has 0 aliphatic carbocycles. The molecule has 0 aliphatic rings. The van der Waals surface area contributed by atoms with Crippen molar-refractivity contribution in [2.24, 2.45) is 0 Å². The quantitative estimate of drug-likeness (QED) is 0.578. The van der Waals surface area contributed by atoms with E-state index in [1.54, 1.807) is 60.7 Å². The minimum Gasteiger partial charge on any atom is -0.467 e. The first-order valence-corrected chi connectivity index (χ1v) is 7.62. The van der Waals surface area contributed by atoms with Crippen LogP contribution >= 0.6 is 0 Å². The summed E-state index contributed by atoms with van der Waals surface area (Å²) in [5.41, 5.74) is -2.24. The maximum atomic E-state index is 13.0. The Morgan fingerprint density at radius 1 is 0.960 bits per heavy atom. The van der Waals surface area contributed by atoms with Crippen molar-refractivity contribution in [3.63, 3.8) is 0 Å². The van der Waals surface area contributed by atoms with Crippen LogP contribution in [-0.2, 0) is 15.1 Å². The van der Waals surface area contributed by atoms with E-state index < -0.39 is 22.6 Å². The number of hydrogen-bond acceptors (Lipinski definition) is 4.